The third-order valence-electron chi connectivity index (χ3n) is 16.6. The number of benzene rings is 7. The van der Waals surface area contributed by atoms with Crippen LogP contribution in [-0.4, -0.2) is 4.57 Å². The van der Waals surface area contributed by atoms with E-state index in [4.69, 9.17) is 0 Å². The van der Waals surface area contributed by atoms with Crippen molar-refractivity contribution in [3.8, 4) is 28.1 Å². The Morgan fingerprint density at radius 3 is 2.20 bits per heavy atom. The molecular formula is C64H51N. The third kappa shape index (κ3) is 5.70. The number of allylic oxidation sites excluding steroid dienone is 10. The summed E-state index contributed by atoms with van der Waals surface area (Å²) in [5.74, 6) is 3.50. The number of para-hydroxylation sites is 1. The van der Waals surface area contributed by atoms with Gasteiger partial charge in [-0.2, -0.15) is 0 Å². The molecule has 7 aromatic carbocycles. The number of hydrogen-bond donors (Lipinski definition) is 0. The molecule has 6 aliphatic carbocycles. The van der Waals surface area contributed by atoms with E-state index in [1.165, 1.54) is 106 Å². The predicted octanol–water partition coefficient (Wildman–Crippen LogP) is 15.7. The Hall–Kier alpha value is -6.96. The van der Waals surface area contributed by atoms with Gasteiger partial charge in [-0.15, -0.1) is 0 Å². The Bertz CT molecular complexity index is 3400. The van der Waals surface area contributed by atoms with Crippen LogP contribution in [0, 0.1) is 29.6 Å². The summed E-state index contributed by atoms with van der Waals surface area (Å²) in [5.41, 5.74) is 21.3. The topological polar surface area (TPSA) is 4.93 Å². The van der Waals surface area contributed by atoms with Crippen molar-refractivity contribution in [3.05, 3.63) is 256 Å². The monoisotopic (exact) mass is 833 g/mol. The lowest BCUT2D eigenvalue weighted by molar-refractivity contribution is 0.452. The Kier molecular flexibility index (Phi) is 8.36. The van der Waals surface area contributed by atoms with Crippen LogP contribution in [0.2, 0.25) is 0 Å². The maximum absolute atomic E-state index is 2.72. The van der Waals surface area contributed by atoms with Gasteiger partial charge in [0.2, 0.25) is 0 Å². The first kappa shape index (κ1) is 37.4. The van der Waals surface area contributed by atoms with Crippen molar-refractivity contribution in [3.63, 3.8) is 0 Å². The van der Waals surface area contributed by atoms with Crippen LogP contribution in [0.4, 0.5) is 0 Å². The summed E-state index contributed by atoms with van der Waals surface area (Å²) in [6, 6.07) is 62.4. The lowest BCUT2D eigenvalue weighted by Gasteiger charge is -2.37. The molecule has 14 rings (SSSR count). The van der Waals surface area contributed by atoms with Gasteiger partial charge in [0.1, 0.15) is 0 Å². The highest BCUT2D eigenvalue weighted by Gasteiger charge is 2.52. The minimum atomic E-state index is 0.249. The summed E-state index contributed by atoms with van der Waals surface area (Å²) in [6.07, 6.45) is 20.9. The van der Waals surface area contributed by atoms with Crippen molar-refractivity contribution >= 4 is 21.7 Å². The van der Waals surface area contributed by atoms with E-state index in [1.54, 1.807) is 0 Å². The van der Waals surface area contributed by atoms with E-state index in [0.717, 1.165) is 12.8 Å². The van der Waals surface area contributed by atoms with Gasteiger partial charge in [0.25, 0.3) is 0 Å². The zero-order chi connectivity index (χ0) is 42.8. The molecule has 8 atom stereocenters. The van der Waals surface area contributed by atoms with Crippen LogP contribution in [0.15, 0.2) is 223 Å². The van der Waals surface area contributed by atoms with E-state index < -0.39 is 0 Å². The first-order valence-corrected chi connectivity index (χ1v) is 24.1. The Balaban J connectivity index is 0.882. The fraction of sp³-hybridized carbons (Fsp3) is 0.188. The van der Waals surface area contributed by atoms with Crippen LogP contribution < -0.4 is 0 Å². The zero-order valence-corrected chi connectivity index (χ0v) is 36.8. The number of aryl methyl sites for hydroxylation is 2. The molecular weight excluding hydrogens is 783 g/mol. The van der Waals surface area contributed by atoms with Gasteiger partial charge in [0.15, 0.2) is 0 Å². The van der Waals surface area contributed by atoms with Gasteiger partial charge >= 0.3 is 0 Å². The van der Waals surface area contributed by atoms with E-state index >= 15 is 0 Å². The first-order chi connectivity index (χ1) is 32.2. The zero-order valence-electron chi connectivity index (χ0n) is 36.8. The number of aromatic nitrogens is 1. The molecule has 0 radical (unpaired) electrons. The fourth-order valence-electron chi connectivity index (χ4n) is 13.7. The maximum Gasteiger partial charge on any atom is 0.0575 e. The first-order valence-electron chi connectivity index (χ1n) is 24.1. The van der Waals surface area contributed by atoms with E-state index in [0.29, 0.717) is 29.6 Å². The Morgan fingerprint density at radius 2 is 1.32 bits per heavy atom. The van der Waals surface area contributed by atoms with Crippen molar-refractivity contribution < 1.29 is 0 Å². The van der Waals surface area contributed by atoms with Crippen molar-refractivity contribution in [1.82, 2.24) is 4.57 Å². The molecule has 1 fully saturated rings. The van der Waals surface area contributed by atoms with Crippen LogP contribution in [0.25, 0.3) is 49.7 Å². The second-order valence-corrected chi connectivity index (χ2v) is 19.8. The fourth-order valence-corrected chi connectivity index (χ4v) is 13.7. The molecule has 8 unspecified atom stereocenters. The molecule has 0 saturated heterocycles. The highest BCUT2D eigenvalue weighted by molar-refractivity contribution is 5.98. The lowest BCUT2D eigenvalue weighted by Crippen LogP contribution is -2.26. The van der Waals surface area contributed by atoms with Gasteiger partial charge in [-0.05, 0) is 151 Å². The van der Waals surface area contributed by atoms with Crippen molar-refractivity contribution in [2.75, 3.05) is 0 Å². The van der Waals surface area contributed by atoms with E-state index in [1.807, 2.05) is 0 Å². The van der Waals surface area contributed by atoms with E-state index in [2.05, 4.69) is 218 Å². The molecule has 1 heteroatoms. The molecule has 65 heavy (non-hydrogen) atoms. The van der Waals surface area contributed by atoms with Gasteiger partial charge in [-0.25, -0.2) is 0 Å². The normalized spacial score (nSPS) is 25.6. The summed E-state index contributed by atoms with van der Waals surface area (Å²) >= 11 is 0. The van der Waals surface area contributed by atoms with Gasteiger partial charge in [0.05, 0.1) is 11.2 Å². The number of hydrogen-bond acceptors (Lipinski definition) is 0. The molecule has 1 heterocycles. The molecule has 0 amide bonds. The SMILES string of the molecule is CC1C(C2=C3C=CC=CC3C(C3c4ccccc4-c4cc5cc(-n6c7c(c8ccccc86)CCc6ccccc6-7)ccc5cc43)C=C2)=CC(c2ccccc2)C2CC2C1c1ccccc1. The molecule has 0 aliphatic heterocycles. The van der Waals surface area contributed by atoms with E-state index in [-0.39, 0.29) is 17.8 Å². The maximum atomic E-state index is 2.72. The summed E-state index contributed by atoms with van der Waals surface area (Å²) in [4.78, 5) is 0. The number of nitrogens with zero attached hydrogens (tertiary/aromatic N) is 1. The summed E-state index contributed by atoms with van der Waals surface area (Å²) in [7, 11) is 0. The largest absolute Gasteiger partial charge is 0.309 e. The minimum Gasteiger partial charge on any atom is -0.309 e. The molecule has 1 aromatic heterocycles. The Morgan fingerprint density at radius 1 is 0.554 bits per heavy atom. The highest BCUT2D eigenvalue weighted by Crippen LogP contribution is 2.63. The molecule has 1 nitrogen and oxygen atoms in total. The predicted molar refractivity (Wildman–Crippen MR) is 270 cm³/mol. The molecule has 6 aliphatic rings. The smallest absolute Gasteiger partial charge is 0.0575 e. The summed E-state index contributed by atoms with van der Waals surface area (Å²) < 4.78 is 2.55. The second-order valence-electron chi connectivity index (χ2n) is 19.8. The van der Waals surface area contributed by atoms with Gasteiger partial charge < -0.3 is 4.57 Å². The standard InChI is InChI=1S/C64H51N/c1-39-55(37-56(40-16-4-2-5-17-40)58-38-60(58)62(39)42-19-6-3-7-20-42)50-32-33-53(48-23-11-10-22-47(48)50)63-52-26-13-12-24-49(52)57-36-44-34-45(30-28-43(44)35-59(57)63)65-61-27-15-14-25-51(61)54-31-29-41-18-8-9-21-46(41)64(54)65/h2-28,30,32-37,39,48,53,56,58,60,62-63H,29,31,38H2,1H3. The van der Waals surface area contributed by atoms with Crippen LogP contribution in [0.1, 0.15) is 64.5 Å². The van der Waals surface area contributed by atoms with Crippen molar-refractivity contribution in [1.29, 1.82) is 0 Å². The van der Waals surface area contributed by atoms with Crippen LogP contribution in [0.5, 0.6) is 0 Å². The van der Waals surface area contributed by atoms with Gasteiger partial charge in [0, 0.05) is 34.4 Å². The summed E-state index contributed by atoms with van der Waals surface area (Å²) in [5, 5.41) is 3.98. The highest BCUT2D eigenvalue weighted by atomic mass is 15.0. The van der Waals surface area contributed by atoms with Gasteiger partial charge in [-0.1, -0.05) is 183 Å². The van der Waals surface area contributed by atoms with Crippen molar-refractivity contribution in [2.24, 2.45) is 29.6 Å². The van der Waals surface area contributed by atoms with Crippen LogP contribution in [0.3, 0.4) is 0 Å². The second kappa shape index (κ2) is 14.5. The average molecular weight is 834 g/mol. The minimum absolute atomic E-state index is 0.249. The molecule has 0 bridgehead atoms. The lowest BCUT2D eigenvalue weighted by atomic mass is 9.66. The molecule has 312 valence electrons. The van der Waals surface area contributed by atoms with Crippen LogP contribution >= 0.6 is 0 Å². The van der Waals surface area contributed by atoms with Crippen LogP contribution in [-0.2, 0) is 12.8 Å². The Labute approximate surface area is 382 Å². The molecule has 0 spiro atoms. The summed E-state index contributed by atoms with van der Waals surface area (Å²) in [6.45, 7) is 2.53. The van der Waals surface area contributed by atoms with E-state index in [9.17, 15) is 0 Å². The number of fused-ring (bicyclic) bond motifs is 11. The molecule has 8 aromatic rings. The number of rotatable bonds is 5. The molecule has 0 N–H and O–H groups in total. The van der Waals surface area contributed by atoms with Gasteiger partial charge in [-0.3, -0.25) is 0 Å². The average Bonchev–Trinajstić information content (AvgIpc) is 3.99. The van der Waals surface area contributed by atoms with Crippen molar-refractivity contribution in [2.45, 2.75) is 43.9 Å². The molecule has 1 saturated carbocycles. The third-order valence-corrected chi connectivity index (χ3v) is 16.6. The quantitative estimate of drug-likeness (QED) is 0.163.